The number of carbonyl (C=O) groups is 3. The molecule has 1 aliphatic rings. The van der Waals surface area contributed by atoms with Gasteiger partial charge in [0.2, 0.25) is 0 Å². The fourth-order valence-corrected chi connectivity index (χ4v) is 3.63. The number of amides is 4. The van der Waals surface area contributed by atoms with Crippen molar-refractivity contribution in [2.45, 2.75) is 32.7 Å². The van der Waals surface area contributed by atoms with E-state index in [0.29, 0.717) is 56.1 Å². The third-order valence-electron chi connectivity index (χ3n) is 5.31. The van der Waals surface area contributed by atoms with Crippen molar-refractivity contribution < 1.29 is 19.1 Å². The SMILES string of the molecule is CC(C)(C)NC(=O)N1CCN(C(=O)c2cccc(CCOc3ccccc3C(N)=O)c2)CC1. The van der Waals surface area contributed by atoms with E-state index >= 15 is 0 Å². The minimum Gasteiger partial charge on any atom is -0.492 e. The Morgan fingerprint density at radius 3 is 2.30 bits per heavy atom. The van der Waals surface area contributed by atoms with E-state index in [1.165, 1.54) is 0 Å². The molecule has 1 heterocycles. The van der Waals surface area contributed by atoms with Gasteiger partial charge in [-0.15, -0.1) is 0 Å². The number of nitrogens with two attached hydrogens (primary N) is 1. The normalized spacial score (nSPS) is 14.0. The molecule has 0 aliphatic carbocycles. The van der Waals surface area contributed by atoms with E-state index < -0.39 is 5.91 Å². The van der Waals surface area contributed by atoms with Crippen molar-refractivity contribution >= 4 is 17.8 Å². The molecule has 3 rings (SSSR count). The van der Waals surface area contributed by atoms with Crippen LogP contribution in [0.1, 0.15) is 47.1 Å². The monoisotopic (exact) mass is 452 g/mol. The average molecular weight is 453 g/mol. The summed E-state index contributed by atoms with van der Waals surface area (Å²) < 4.78 is 5.75. The second-order valence-electron chi connectivity index (χ2n) is 9.12. The Kier molecular flexibility index (Phi) is 7.58. The molecule has 33 heavy (non-hydrogen) atoms. The van der Waals surface area contributed by atoms with Crippen molar-refractivity contribution in [1.29, 1.82) is 0 Å². The average Bonchev–Trinajstić information content (AvgIpc) is 2.78. The van der Waals surface area contributed by atoms with Crippen molar-refractivity contribution in [2.75, 3.05) is 32.8 Å². The van der Waals surface area contributed by atoms with Crippen molar-refractivity contribution in [3.8, 4) is 5.75 Å². The number of ether oxygens (including phenoxy) is 1. The minimum atomic E-state index is -0.533. The van der Waals surface area contributed by atoms with Crippen molar-refractivity contribution in [1.82, 2.24) is 15.1 Å². The van der Waals surface area contributed by atoms with Crippen LogP contribution in [0.5, 0.6) is 5.75 Å². The maximum absolute atomic E-state index is 13.0. The Bertz CT molecular complexity index is 1010. The number of hydrogen-bond donors (Lipinski definition) is 2. The van der Waals surface area contributed by atoms with E-state index in [1.54, 1.807) is 40.1 Å². The molecule has 2 aromatic rings. The maximum atomic E-state index is 13.0. The van der Waals surface area contributed by atoms with Crippen LogP contribution in [0.15, 0.2) is 48.5 Å². The van der Waals surface area contributed by atoms with E-state index in [1.807, 2.05) is 39.0 Å². The summed E-state index contributed by atoms with van der Waals surface area (Å²) in [5.74, 6) is -0.132. The molecule has 0 spiro atoms. The number of primary amides is 1. The number of benzene rings is 2. The van der Waals surface area contributed by atoms with Crippen LogP contribution in [0.4, 0.5) is 4.79 Å². The summed E-state index contributed by atoms with van der Waals surface area (Å²) in [5.41, 5.74) is 7.00. The zero-order chi connectivity index (χ0) is 24.0. The molecular formula is C25H32N4O4. The first-order valence-electron chi connectivity index (χ1n) is 11.1. The van der Waals surface area contributed by atoms with E-state index in [2.05, 4.69) is 5.32 Å². The summed E-state index contributed by atoms with van der Waals surface area (Å²) in [7, 11) is 0. The summed E-state index contributed by atoms with van der Waals surface area (Å²) in [6.07, 6.45) is 0.578. The summed E-state index contributed by atoms with van der Waals surface area (Å²) in [5, 5.41) is 2.96. The maximum Gasteiger partial charge on any atom is 0.317 e. The fourth-order valence-electron chi connectivity index (χ4n) is 3.63. The number of rotatable bonds is 6. The lowest BCUT2D eigenvalue weighted by atomic mass is 10.1. The first-order chi connectivity index (χ1) is 15.6. The van der Waals surface area contributed by atoms with E-state index in [9.17, 15) is 14.4 Å². The van der Waals surface area contributed by atoms with E-state index in [0.717, 1.165) is 5.56 Å². The number of hydrogen-bond acceptors (Lipinski definition) is 4. The molecule has 8 nitrogen and oxygen atoms in total. The van der Waals surface area contributed by atoms with Gasteiger partial charge in [-0.3, -0.25) is 9.59 Å². The molecule has 0 saturated carbocycles. The molecule has 0 unspecified atom stereocenters. The Hall–Kier alpha value is -3.55. The fraction of sp³-hybridized carbons (Fsp3) is 0.400. The van der Waals surface area contributed by atoms with Gasteiger partial charge in [-0.05, 0) is 50.6 Å². The number of nitrogens with one attached hydrogen (secondary N) is 1. The molecule has 4 amide bonds. The second kappa shape index (κ2) is 10.4. The summed E-state index contributed by atoms with van der Waals surface area (Å²) in [4.78, 5) is 40.4. The van der Waals surface area contributed by atoms with Gasteiger partial charge < -0.3 is 25.6 Å². The highest BCUT2D eigenvalue weighted by molar-refractivity contribution is 5.95. The van der Waals surface area contributed by atoms with Crippen molar-refractivity contribution in [2.24, 2.45) is 5.73 Å². The molecule has 0 aromatic heterocycles. The Morgan fingerprint density at radius 1 is 0.970 bits per heavy atom. The number of piperazine rings is 1. The lowest BCUT2D eigenvalue weighted by Gasteiger charge is -2.36. The Balaban J connectivity index is 1.54. The standard InChI is InChI=1S/C25H32N4O4/c1-25(2,3)27-24(32)29-14-12-28(13-15-29)23(31)19-8-6-7-18(17-19)11-16-33-21-10-5-4-9-20(21)22(26)30/h4-10,17H,11-16H2,1-3H3,(H2,26,30)(H,27,32). The van der Waals surface area contributed by atoms with Gasteiger partial charge >= 0.3 is 6.03 Å². The van der Waals surface area contributed by atoms with E-state index in [-0.39, 0.29) is 17.5 Å². The molecule has 1 aliphatic heterocycles. The summed E-state index contributed by atoms with van der Waals surface area (Å²) in [6.45, 7) is 8.17. The van der Waals surface area contributed by atoms with Crippen LogP contribution in [0.25, 0.3) is 0 Å². The predicted molar refractivity (Wildman–Crippen MR) is 126 cm³/mol. The van der Waals surface area contributed by atoms with Gasteiger partial charge in [-0.1, -0.05) is 24.3 Å². The van der Waals surface area contributed by atoms with Crippen LogP contribution in [0.2, 0.25) is 0 Å². The highest BCUT2D eigenvalue weighted by Gasteiger charge is 2.26. The first-order valence-corrected chi connectivity index (χ1v) is 11.1. The van der Waals surface area contributed by atoms with E-state index in [4.69, 9.17) is 10.5 Å². The molecule has 1 fully saturated rings. The van der Waals surface area contributed by atoms with Gasteiger partial charge in [0, 0.05) is 43.7 Å². The molecule has 0 radical (unpaired) electrons. The van der Waals surface area contributed by atoms with Crippen LogP contribution < -0.4 is 15.8 Å². The van der Waals surface area contributed by atoms with Crippen molar-refractivity contribution in [3.05, 3.63) is 65.2 Å². The first kappa shape index (κ1) is 24.1. The van der Waals surface area contributed by atoms with Crippen molar-refractivity contribution in [3.63, 3.8) is 0 Å². The van der Waals surface area contributed by atoms with Crippen LogP contribution in [0, 0.1) is 0 Å². The van der Waals surface area contributed by atoms with Gasteiger partial charge in [0.05, 0.1) is 12.2 Å². The molecule has 0 atom stereocenters. The Labute approximate surface area is 194 Å². The molecule has 176 valence electrons. The highest BCUT2D eigenvalue weighted by Crippen LogP contribution is 2.18. The van der Waals surface area contributed by atoms with Gasteiger partial charge in [-0.2, -0.15) is 0 Å². The zero-order valence-corrected chi connectivity index (χ0v) is 19.5. The topological polar surface area (TPSA) is 105 Å². The number of carbonyl (C=O) groups excluding carboxylic acids is 3. The molecule has 1 saturated heterocycles. The Morgan fingerprint density at radius 2 is 1.64 bits per heavy atom. The summed E-state index contributed by atoms with van der Waals surface area (Å²) in [6, 6.07) is 14.2. The van der Waals surface area contributed by atoms with Gasteiger partial charge in [0.25, 0.3) is 11.8 Å². The molecule has 8 heteroatoms. The number of nitrogens with zero attached hydrogens (tertiary/aromatic N) is 2. The number of para-hydroxylation sites is 1. The van der Waals surface area contributed by atoms with Crippen LogP contribution >= 0.6 is 0 Å². The van der Waals surface area contributed by atoms with Crippen LogP contribution in [0.3, 0.4) is 0 Å². The third-order valence-corrected chi connectivity index (χ3v) is 5.31. The third kappa shape index (κ3) is 6.71. The minimum absolute atomic E-state index is 0.0484. The molecule has 2 aromatic carbocycles. The molecule has 3 N–H and O–H groups in total. The molecular weight excluding hydrogens is 420 g/mol. The molecule has 0 bridgehead atoms. The predicted octanol–water partition coefficient (Wildman–Crippen LogP) is 2.67. The quantitative estimate of drug-likeness (QED) is 0.703. The number of urea groups is 1. The smallest absolute Gasteiger partial charge is 0.317 e. The highest BCUT2D eigenvalue weighted by atomic mass is 16.5. The van der Waals surface area contributed by atoms with Gasteiger partial charge in [0.15, 0.2) is 0 Å². The van der Waals surface area contributed by atoms with Crippen LogP contribution in [-0.2, 0) is 6.42 Å². The summed E-state index contributed by atoms with van der Waals surface area (Å²) >= 11 is 0. The largest absolute Gasteiger partial charge is 0.492 e. The van der Waals surface area contributed by atoms with Gasteiger partial charge in [0.1, 0.15) is 5.75 Å². The zero-order valence-electron chi connectivity index (χ0n) is 19.5. The lowest BCUT2D eigenvalue weighted by molar-refractivity contribution is 0.0661. The van der Waals surface area contributed by atoms with Crippen LogP contribution in [-0.4, -0.2) is 66.0 Å². The second-order valence-corrected chi connectivity index (χ2v) is 9.12. The van der Waals surface area contributed by atoms with Gasteiger partial charge in [-0.25, -0.2) is 4.79 Å². The lowest BCUT2D eigenvalue weighted by Crippen LogP contribution is -2.56.